The van der Waals surface area contributed by atoms with Crippen LogP contribution in [0.2, 0.25) is 0 Å². The van der Waals surface area contributed by atoms with Crippen LogP contribution in [0.15, 0.2) is 54.7 Å². The molecule has 1 fully saturated rings. The van der Waals surface area contributed by atoms with Crippen molar-refractivity contribution in [3.05, 3.63) is 76.4 Å². The minimum absolute atomic E-state index is 0.118. The van der Waals surface area contributed by atoms with Crippen LogP contribution in [-0.4, -0.2) is 58.4 Å². The molecule has 4 aromatic rings. The molecule has 0 N–H and O–H groups in total. The van der Waals surface area contributed by atoms with E-state index in [9.17, 15) is 4.79 Å². The molecule has 0 saturated carbocycles. The quantitative estimate of drug-likeness (QED) is 0.435. The van der Waals surface area contributed by atoms with E-state index >= 15 is 0 Å². The van der Waals surface area contributed by atoms with Gasteiger partial charge in [0, 0.05) is 54.9 Å². The number of rotatable bonds is 5. The summed E-state index contributed by atoms with van der Waals surface area (Å²) in [6, 6.07) is 15.9. The minimum Gasteiger partial charge on any atom is -0.497 e. The lowest BCUT2D eigenvalue weighted by molar-refractivity contribution is 0.0627. The molecule has 0 atom stereocenters. The Morgan fingerprint density at radius 2 is 1.82 bits per heavy atom. The number of aryl methyl sites for hydroxylation is 2. The number of benzene rings is 2. The number of nitrogens with zero attached hydrogens (tertiary/aromatic N) is 4. The summed E-state index contributed by atoms with van der Waals surface area (Å²) in [5, 5.41) is 0. The Morgan fingerprint density at radius 3 is 2.55 bits per heavy atom. The van der Waals surface area contributed by atoms with Crippen molar-refractivity contribution in [1.82, 2.24) is 19.2 Å². The van der Waals surface area contributed by atoms with Crippen LogP contribution in [0.4, 0.5) is 0 Å². The van der Waals surface area contributed by atoms with Gasteiger partial charge in [0.05, 0.1) is 18.5 Å². The van der Waals surface area contributed by atoms with E-state index in [2.05, 4.69) is 28.5 Å². The van der Waals surface area contributed by atoms with Gasteiger partial charge in [0.15, 0.2) is 4.96 Å². The Balaban J connectivity index is 1.35. The van der Waals surface area contributed by atoms with E-state index in [1.807, 2.05) is 54.3 Å². The van der Waals surface area contributed by atoms with Gasteiger partial charge in [0.25, 0.3) is 5.91 Å². The first-order chi connectivity index (χ1) is 16.0. The van der Waals surface area contributed by atoms with Crippen molar-refractivity contribution >= 4 is 22.2 Å². The summed E-state index contributed by atoms with van der Waals surface area (Å²) in [6.07, 6.45) is 2.17. The number of thiazole rings is 1. The Hall–Kier alpha value is -3.16. The molecule has 1 saturated heterocycles. The maximum atomic E-state index is 12.9. The van der Waals surface area contributed by atoms with E-state index in [1.54, 1.807) is 18.4 Å². The standard InChI is InChI=1S/C26H28N4O2S/c1-18-7-9-20(10-8-18)25(31)29-13-11-28(12-14-29)17-23-24(21-5-4-6-22(15-21)32-3)27-26-30(23)16-19(2)33-26/h4-10,15-16H,11-14,17H2,1-3H3. The summed E-state index contributed by atoms with van der Waals surface area (Å²) < 4.78 is 7.66. The summed E-state index contributed by atoms with van der Waals surface area (Å²) in [5.41, 5.74) is 5.17. The van der Waals surface area contributed by atoms with E-state index in [0.717, 1.165) is 60.3 Å². The van der Waals surface area contributed by atoms with Gasteiger partial charge in [-0.05, 0) is 38.1 Å². The number of carbonyl (C=O) groups excluding carboxylic acids is 1. The smallest absolute Gasteiger partial charge is 0.253 e. The van der Waals surface area contributed by atoms with E-state index in [0.29, 0.717) is 0 Å². The zero-order valence-electron chi connectivity index (χ0n) is 19.2. The van der Waals surface area contributed by atoms with Gasteiger partial charge in [-0.2, -0.15) is 0 Å². The molecule has 5 rings (SSSR count). The van der Waals surface area contributed by atoms with E-state index in [1.165, 1.54) is 16.1 Å². The fourth-order valence-corrected chi connectivity index (χ4v) is 5.20. The zero-order valence-corrected chi connectivity index (χ0v) is 20.1. The SMILES string of the molecule is COc1cccc(-c2nc3sc(C)cn3c2CN2CCN(C(=O)c3ccc(C)cc3)CC2)c1. The number of hydrogen-bond acceptors (Lipinski definition) is 5. The molecular formula is C26H28N4O2S. The Labute approximate surface area is 198 Å². The van der Waals surface area contributed by atoms with Crippen molar-refractivity contribution in [2.24, 2.45) is 0 Å². The van der Waals surface area contributed by atoms with Crippen LogP contribution >= 0.6 is 11.3 Å². The molecule has 6 nitrogen and oxygen atoms in total. The van der Waals surface area contributed by atoms with Crippen LogP contribution in [0.1, 0.15) is 26.5 Å². The van der Waals surface area contributed by atoms with E-state index in [-0.39, 0.29) is 5.91 Å². The maximum absolute atomic E-state index is 12.9. The highest BCUT2D eigenvalue weighted by Crippen LogP contribution is 2.31. The van der Waals surface area contributed by atoms with Crippen LogP contribution in [-0.2, 0) is 6.54 Å². The van der Waals surface area contributed by atoms with Crippen LogP contribution in [0.5, 0.6) is 5.75 Å². The first-order valence-corrected chi connectivity index (χ1v) is 12.0. The molecule has 2 aromatic heterocycles. The van der Waals surface area contributed by atoms with Crippen LogP contribution in [0.25, 0.3) is 16.2 Å². The van der Waals surface area contributed by atoms with Gasteiger partial charge in [0.1, 0.15) is 5.75 Å². The highest BCUT2D eigenvalue weighted by molar-refractivity contribution is 7.17. The van der Waals surface area contributed by atoms with Crippen molar-refractivity contribution in [3.8, 4) is 17.0 Å². The second kappa shape index (κ2) is 9.00. The molecule has 0 unspecified atom stereocenters. The van der Waals surface area contributed by atoms with Gasteiger partial charge in [-0.3, -0.25) is 14.1 Å². The number of methoxy groups -OCH3 is 1. The van der Waals surface area contributed by atoms with Crippen molar-refractivity contribution in [3.63, 3.8) is 0 Å². The topological polar surface area (TPSA) is 50.1 Å². The third-order valence-electron chi connectivity index (χ3n) is 6.22. The van der Waals surface area contributed by atoms with Gasteiger partial charge >= 0.3 is 0 Å². The molecule has 0 spiro atoms. The lowest BCUT2D eigenvalue weighted by atomic mass is 10.1. The van der Waals surface area contributed by atoms with Gasteiger partial charge in [0.2, 0.25) is 0 Å². The van der Waals surface area contributed by atoms with Crippen molar-refractivity contribution < 1.29 is 9.53 Å². The minimum atomic E-state index is 0.118. The molecule has 0 radical (unpaired) electrons. The monoisotopic (exact) mass is 460 g/mol. The second-order valence-corrected chi connectivity index (χ2v) is 9.78. The molecule has 0 bridgehead atoms. The predicted octanol–water partition coefficient (Wildman–Crippen LogP) is 4.65. The van der Waals surface area contributed by atoms with Crippen LogP contribution < -0.4 is 4.74 Å². The number of ether oxygens (including phenoxy) is 1. The lowest BCUT2D eigenvalue weighted by Gasteiger charge is -2.34. The second-order valence-electron chi connectivity index (χ2n) is 8.57. The highest BCUT2D eigenvalue weighted by Gasteiger charge is 2.25. The summed E-state index contributed by atoms with van der Waals surface area (Å²) in [6.45, 7) is 8.07. The van der Waals surface area contributed by atoms with Crippen LogP contribution in [0.3, 0.4) is 0 Å². The average Bonchev–Trinajstić information content (AvgIpc) is 3.36. The largest absolute Gasteiger partial charge is 0.497 e. The van der Waals surface area contributed by atoms with Gasteiger partial charge in [-0.25, -0.2) is 4.98 Å². The number of hydrogen-bond donors (Lipinski definition) is 0. The number of fused-ring (bicyclic) bond motifs is 1. The molecule has 170 valence electrons. The van der Waals surface area contributed by atoms with Crippen molar-refractivity contribution in [1.29, 1.82) is 0 Å². The fraction of sp³-hybridized carbons (Fsp3) is 0.308. The molecule has 1 aliphatic rings. The highest BCUT2D eigenvalue weighted by atomic mass is 32.1. The Kier molecular flexibility index (Phi) is 5.91. The molecule has 1 amide bonds. The molecule has 7 heteroatoms. The molecule has 3 heterocycles. The normalized spacial score (nSPS) is 14.7. The first-order valence-electron chi connectivity index (χ1n) is 11.2. The summed E-state index contributed by atoms with van der Waals surface area (Å²) in [7, 11) is 1.69. The molecular weight excluding hydrogens is 432 g/mol. The number of carbonyl (C=O) groups is 1. The fourth-order valence-electron chi connectivity index (χ4n) is 4.35. The van der Waals surface area contributed by atoms with Crippen LogP contribution in [0, 0.1) is 13.8 Å². The van der Waals surface area contributed by atoms with Gasteiger partial charge < -0.3 is 9.64 Å². The molecule has 2 aromatic carbocycles. The number of imidazole rings is 1. The number of piperazine rings is 1. The van der Waals surface area contributed by atoms with Crippen molar-refractivity contribution in [2.45, 2.75) is 20.4 Å². The molecule has 0 aliphatic carbocycles. The zero-order chi connectivity index (χ0) is 22.9. The van der Waals surface area contributed by atoms with Gasteiger partial charge in [-0.15, -0.1) is 11.3 Å². The predicted molar refractivity (Wildman–Crippen MR) is 132 cm³/mol. The van der Waals surface area contributed by atoms with Gasteiger partial charge in [-0.1, -0.05) is 29.8 Å². The summed E-state index contributed by atoms with van der Waals surface area (Å²) in [4.78, 5) is 24.5. The molecule has 1 aliphatic heterocycles. The Bertz CT molecular complexity index is 1280. The molecule has 33 heavy (non-hydrogen) atoms. The van der Waals surface area contributed by atoms with Crippen molar-refractivity contribution in [2.75, 3.05) is 33.3 Å². The third-order valence-corrected chi connectivity index (χ3v) is 7.11. The maximum Gasteiger partial charge on any atom is 0.253 e. The number of amides is 1. The summed E-state index contributed by atoms with van der Waals surface area (Å²) in [5.74, 6) is 0.945. The van der Waals surface area contributed by atoms with E-state index < -0.39 is 0 Å². The summed E-state index contributed by atoms with van der Waals surface area (Å²) >= 11 is 1.71. The average molecular weight is 461 g/mol. The third kappa shape index (κ3) is 4.38. The lowest BCUT2D eigenvalue weighted by Crippen LogP contribution is -2.48. The Morgan fingerprint density at radius 1 is 1.06 bits per heavy atom. The number of aromatic nitrogens is 2. The first kappa shape index (κ1) is 21.7. The van der Waals surface area contributed by atoms with E-state index in [4.69, 9.17) is 9.72 Å².